The first-order valence-electron chi connectivity index (χ1n) is 17.8. The van der Waals surface area contributed by atoms with E-state index < -0.39 is 13.4 Å². The third-order valence-corrected chi connectivity index (χ3v) is 14.4. The number of hydrogen-bond donors (Lipinski definition) is 0. The van der Waals surface area contributed by atoms with Gasteiger partial charge in [-0.2, -0.15) is 16.4 Å². The van der Waals surface area contributed by atoms with Crippen molar-refractivity contribution in [3.05, 3.63) is 248 Å². The second kappa shape index (κ2) is 16.3. The van der Waals surface area contributed by atoms with Gasteiger partial charge in [0.15, 0.2) is 0 Å². The van der Waals surface area contributed by atoms with Crippen LogP contribution in [0.15, 0.2) is 243 Å². The van der Waals surface area contributed by atoms with E-state index in [0.717, 1.165) is 6.32 Å². The van der Waals surface area contributed by atoms with Crippen LogP contribution >= 0.6 is 7.26 Å². The van der Waals surface area contributed by atoms with Gasteiger partial charge in [-0.15, -0.1) is 6.32 Å². The molecule has 0 heterocycles. The molecule has 0 aromatic heterocycles. The first-order valence-corrected chi connectivity index (χ1v) is 19.6. The van der Waals surface area contributed by atoms with E-state index in [2.05, 4.69) is 243 Å². The Morgan fingerprint density at radius 3 is 0.725 bits per heavy atom. The fourth-order valence-electron chi connectivity index (χ4n) is 7.74. The fourth-order valence-corrected chi connectivity index (χ4v) is 12.0. The van der Waals surface area contributed by atoms with Gasteiger partial charge in [-0.1, -0.05) is 200 Å². The van der Waals surface area contributed by atoms with Crippen molar-refractivity contribution in [2.45, 2.75) is 6.32 Å². The lowest BCUT2D eigenvalue weighted by Gasteiger charge is -2.43. The Labute approximate surface area is 304 Å². The predicted molar refractivity (Wildman–Crippen MR) is 225 cm³/mol. The van der Waals surface area contributed by atoms with Gasteiger partial charge < -0.3 is 0 Å². The third kappa shape index (κ3) is 7.13. The van der Waals surface area contributed by atoms with E-state index >= 15 is 0 Å². The van der Waals surface area contributed by atoms with Gasteiger partial charge in [0.1, 0.15) is 28.5 Å². The second-order valence-corrected chi connectivity index (χ2v) is 16.4. The van der Waals surface area contributed by atoms with E-state index in [1.807, 2.05) is 0 Å². The van der Waals surface area contributed by atoms with Crippen LogP contribution in [-0.2, 0) is 6.32 Å². The summed E-state index contributed by atoms with van der Waals surface area (Å²) in [5, 5.41) is 5.55. The Bertz CT molecular complexity index is 1920. The van der Waals surface area contributed by atoms with Gasteiger partial charge >= 0.3 is 0 Å². The van der Waals surface area contributed by atoms with Gasteiger partial charge in [-0.25, -0.2) is 0 Å². The van der Waals surface area contributed by atoms with Crippen LogP contribution in [0.25, 0.3) is 0 Å². The van der Waals surface area contributed by atoms with E-state index in [1.165, 1.54) is 43.2 Å². The summed E-state index contributed by atoms with van der Waals surface area (Å²) in [5.41, 5.74) is 5.51. The van der Waals surface area contributed by atoms with Gasteiger partial charge in [0.2, 0.25) is 0 Å². The summed E-state index contributed by atoms with van der Waals surface area (Å²) in [6.45, 7) is 0. The Morgan fingerprint density at radius 2 is 0.471 bits per heavy atom. The average Bonchev–Trinajstić information content (AvgIpc) is 3.23. The summed E-state index contributed by atoms with van der Waals surface area (Å²) in [6, 6.07) is 87.6. The zero-order valence-corrected chi connectivity index (χ0v) is 29.7. The lowest BCUT2D eigenvalue weighted by atomic mass is 9.14. The molecule has 0 saturated heterocycles. The molecule has 8 aromatic carbocycles. The smallest absolute Gasteiger partial charge is 0.144 e. The van der Waals surface area contributed by atoms with Crippen molar-refractivity contribution >= 4 is 51.0 Å². The van der Waals surface area contributed by atoms with E-state index in [1.54, 1.807) is 0 Å². The second-order valence-electron chi connectivity index (χ2n) is 13.0. The van der Waals surface area contributed by atoms with Crippen molar-refractivity contribution in [2.75, 3.05) is 0 Å². The molecule has 0 aliphatic heterocycles. The molecule has 0 nitrogen and oxygen atoms in total. The van der Waals surface area contributed by atoms with Gasteiger partial charge in [0.05, 0.1) is 6.15 Å². The molecule has 0 saturated carbocycles. The maximum atomic E-state index is 2.28. The minimum Gasteiger partial charge on any atom is -0.200 e. The average molecular weight is 673 g/mol. The maximum absolute atomic E-state index is 2.28. The van der Waals surface area contributed by atoms with E-state index in [4.69, 9.17) is 0 Å². The molecule has 0 bridgehead atoms. The maximum Gasteiger partial charge on any atom is 0.144 e. The summed E-state index contributed by atoms with van der Waals surface area (Å²) in [5.74, 6) is 0. The molecule has 0 amide bonds. The van der Waals surface area contributed by atoms with Crippen LogP contribution in [-0.4, -0.2) is 6.15 Å². The van der Waals surface area contributed by atoms with Crippen LogP contribution in [0.5, 0.6) is 0 Å². The summed E-state index contributed by atoms with van der Waals surface area (Å²) in [4.78, 5) is 0. The van der Waals surface area contributed by atoms with E-state index in [-0.39, 0.29) is 0 Å². The van der Waals surface area contributed by atoms with Crippen LogP contribution in [0.4, 0.5) is 0 Å². The molecule has 8 rings (SSSR count). The highest BCUT2D eigenvalue weighted by Gasteiger charge is 2.47. The molecule has 0 aliphatic rings. The Hall–Kier alpha value is -5.75. The molecule has 0 radical (unpaired) electrons. The quantitative estimate of drug-likeness (QED) is 0.107. The molecule has 0 unspecified atom stereocenters. The first-order chi connectivity index (χ1) is 25.3. The number of benzene rings is 8. The van der Waals surface area contributed by atoms with Gasteiger partial charge in [-0.3, -0.25) is 0 Å². The monoisotopic (exact) mass is 672 g/mol. The van der Waals surface area contributed by atoms with Crippen molar-refractivity contribution in [1.82, 2.24) is 0 Å². The van der Waals surface area contributed by atoms with Crippen molar-refractivity contribution in [3.8, 4) is 0 Å². The fraction of sp³-hybridized carbons (Fsp3) is 0.0204. The number of rotatable bonds is 9. The molecule has 51 heavy (non-hydrogen) atoms. The largest absolute Gasteiger partial charge is 0.200 e. The van der Waals surface area contributed by atoms with Crippen LogP contribution < -0.4 is 37.6 Å². The first kappa shape index (κ1) is 33.7. The zero-order chi connectivity index (χ0) is 34.6. The highest BCUT2D eigenvalue weighted by atomic mass is 31.2. The van der Waals surface area contributed by atoms with Crippen molar-refractivity contribution in [3.63, 3.8) is 0 Å². The van der Waals surface area contributed by atoms with Gasteiger partial charge in [0, 0.05) is 0 Å². The van der Waals surface area contributed by atoms with Crippen molar-refractivity contribution in [1.29, 1.82) is 0 Å². The molecule has 0 N–H and O–H groups in total. The molecule has 0 spiro atoms. The SMILES string of the molecule is c1ccc(C[B-](c2ccccc2)(c2ccccc2)c2ccccc2)cc1.c1ccc([P+](c2ccccc2)(c2ccccc2)c2ccccc2)cc1. The molecule has 0 aliphatic carbocycles. The van der Waals surface area contributed by atoms with E-state index in [9.17, 15) is 0 Å². The molecule has 0 fully saturated rings. The third-order valence-electron chi connectivity index (χ3n) is 10.1. The Balaban J connectivity index is 0.000000159. The summed E-state index contributed by atoms with van der Waals surface area (Å²) in [7, 11) is -1.91. The highest BCUT2D eigenvalue weighted by Crippen LogP contribution is 2.54. The lowest BCUT2D eigenvalue weighted by Crippen LogP contribution is -2.68. The van der Waals surface area contributed by atoms with Crippen LogP contribution in [0.2, 0.25) is 0 Å². The summed E-state index contributed by atoms with van der Waals surface area (Å²) >= 11 is 0. The summed E-state index contributed by atoms with van der Waals surface area (Å²) in [6.07, 6.45) is -0.109. The van der Waals surface area contributed by atoms with Crippen LogP contribution in [0, 0.1) is 0 Å². The zero-order valence-electron chi connectivity index (χ0n) is 28.8. The van der Waals surface area contributed by atoms with Crippen molar-refractivity contribution in [2.24, 2.45) is 0 Å². The standard InChI is InChI=1S/C25H22B.C24H20P/c1-5-13-22(14-6-1)21-26(23-15-7-2-8-16-23,24-17-9-3-10-18-24)25-19-11-4-12-20-25;1-5-13-21(14-6-1)25(22-15-7-2-8-16-22,23-17-9-3-10-18-23)24-19-11-4-12-20-24/h1-20H,21H2;1-20H/q-1;+1. The minimum absolute atomic E-state index is 0.985. The number of hydrogen-bond acceptors (Lipinski definition) is 0. The lowest BCUT2D eigenvalue weighted by molar-refractivity contribution is 1.35. The van der Waals surface area contributed by atoms with Crippen LogP contribution in [0.3, 0.4) is 0 Å². The Kier molecular flexibility index (Phi) is 10.8. The molecule has 246 valence electrons. The molecular weight excluding hydrogens is 630 g/mol. The van der Waals surface area contributed by atoms with Gasteiger partial charge in [-0.05, 0) is 48.5 Å². The Morgan fingerprint density at radius 1 is 0.255 bits per heavy atom. The van der Waals surface area contributed by atoms with E-state index in [0.29, 0.717) is 0 Å². The molecule has 2 heteroatoms. The summed E-state index contributed by atoms with van der Waals surface area (Å²) < 4.78 is 0. The topological polar surface area (TPSA) is 0 Å². The molecule has 8 aromatic rings. The minimum atomic E-state index is -1.91. The molecule has 0 atom stereocenters. The highest BCUT2D eigenvalue weighted by molar-refractivity contribution is 8.01. The normalized spacial score (nSPS) is 11.2. The van der Waals surface area contributed by atoms with Crippen molar-refractivity contribution < 1.29 is 0 Å². The predicted octanol–water partition coefficient (Wildman–Crippen LogP) is 8.24. The molecular formula is C49H42BP. The van der Waals surface area contributed by atoms with Crippen LogP contribution in [0.1, 0.15) is 5.56 Å². The van der Waals surface area contributed by atoms with Gasteiger partial charge in [0.25, 0.3) is 0 Å².